The molecule has 0 radical (unpaired) electrons. The Morgan fingerprint density at radius 2 is 1.63 bits per heavy atom. The molecular formula is C18H17F3N2O3S. The standard InChI is InChI=1S/C18H17F3N2O3S/c1-2-16(24)22-23-17(13-8-4-3-5-9-13)15-11-7-6-10-14(15)12-27(25,26)18(19,20)21/h3-11H,2,12H2,1H3,(H,22,24). The highest BCUT2D eigenvalue weighted by Gasteiger charge is 2.45. The summed E-state index contributed by atoms with van der Waals surface area (Å²) in [5.41, 5.74) is -2.22. The molecule has 0 aromatic heterocycles. The van der Waals surface area contributed by atoms with Crippen molar-refractivity contribution in [2.75, 3.05) is 0 Å². The van der Waals surface area contributed by atoms with Gasteiger partial charge in [-0.2, -0.15) is 18.3 Å². The van der Waals surface area contributed by atoms with Gasteiger partial charge in [-0.15, -0.1) is 0 Å². The van der Waals surface area contributed by atoms with Crippen LogP contribution in [-0.2, 0) is 20.4 Å². The molecule has 0 fully saturated rings. The molecule has 0 saturated heterocycles. The van der Waals surface area contributed by atoms with E-state index in [9.17, 15) is 26.4 Å². The highest BCUT2D eigenvalue weighted by Crippen LogP contribution is 2.28. The molecular weight excluding hydrogens is 381 g/mol. The first-order valence-electron chi connectivity index (χ1n) is 7.95. The third-order valence-electron chi connectivity index (χ3n) is 3.63. The molecule has 0 heterocycles. The second-order valence-corrected chi connectivity index (χ2v) is 7.56. The number of carbonyl (C=O) groups is 1. The van der Waals surface area contributed by atoms with Crippen molar-refractivity contribution in [1.29, 1.82) is 0 Å². The first kappa shape index (κ1) is 20.6. The summed E-state index contributed by atoms with van der Waals surface area (Å²) >= 11 is 0. The Morgan fingerprint density at radius 1 is 1.04 bits per heavy atom. The van der Waals surface area contributed by atoms with E-state index in [4.69, 9.17) is 0 Å². The van der Waals surface area contributed by atoms with Crippen molar-refractivity contribution in [2.45, 2.75) is 24.6 Å². The molecule has 27 heavy (non-hydrogen) atoms. The SMILES string of the molecule is CCC(=O)NN=C(c1ccccc1)c1ccccc1CS(=O)(=O)C(F)(F)F. The van der Waals surface area contributed by atoms with Gasteiger partial charge >= 0.3 is 5.51 Å². The van der Waals surface area contributed by atoms with Gasteiger partial charge in [0.15, 0.2) is 0 Å². The molecule has 2 aromatic rings. The van der Waals surface area contributed by atoms with Gasteiger partial charge in [0, 0.05) is 17.5 Å². The van der Waals surface area contributed by atoms with Crippen LogP contribution in [0.25, 0.3) is 0 Å². The number of nitrogens with one attached hydrogen (secondary N) is 1. The van der Waals surface area contributed by atoms with Crippen molar-refractivity contribution in [1.82, 2.24) is 5.43 Å². The smallest absolute Gasteiger partial charge is 0.273 e. The zero-order valence-electron chi connectivity index (χ0n) is 14.3. The topological polar surface area (TPSA) is 75.6 Å². The van der Waals surface area contributed by atoms with Crippen LogP contribution in [0.5, 0.6) is 0 Å². The minimum Gasteiger partial charge on any atom is -0.273 e. The van der Waals surface area contributed by atoms with Crippen molar-refractivity contribution in [2.24, 2.45) is 5.10 Å². The minimum atomic E-state index is -5.37. The number of hydrazone groups is 1. The molecule has 0 bridgehead atoms. The molecule has 0 atom stereocenters. The van der Waals surface area contributed by atoms with Gasteiger partial charge in [0.1, 0.15) is 0 Å². The Hall–Kier alpha value is -2.68. The van der Waals surface area contributed by atoms with Crippen LogP contribution < -0.4 is 5.43 Å². The number of halogens is 3. The van der Waals surface area contributed by atoms with Crippen molar-refractivity contribution >= 4 is 21.5 Å². The number of nitrogens with zero attached hydrogens (tertiary/aromatic N) is 1. The van der Waals surface area contributed by atoms with E-state index in [1.807, 2.05) is 0 Å². The van der Waals surface area contributed by atoms with Crippen LogP contribution in [0.4, 0.5) is 13.2 Å². The number of hydrogen-bond acceptors (Lipinski definition) is 4. The Labute approximate surface area is 154 Å². The summed E-state index contributed by atoms with van der Waals surface area (Å²) in [6, 6.07) is 14.2. The predicted molar refractivity (Wildman–Crippen MR) is 95.6 cm³/mol. The fraction of sp³-hybridized carbons (Fsp3) is 0.222. The number of carbonyl (C=O) groups excluding carboxylic acids is 1. The van der Waals surface area contributed by atoms with Gasteiger partial charge in [0.2, 0.25) is 5.91 Å². The van der Waals surface area contributed by atoms with Crippen LogP contribution in [0.3, 0.4) is 0 Å². The van der Waals surface area contributed by atoms with Gasteiger partial charge in [0.25, 0.3) is 9.84 Å². The van der Waals surface area contributed by atoms with E-state index >= 15 is 0 Å². The fourth-order valence-electron chi connectivity index (χ4n) is 2.24. The van der Waals surface area contributed by atoms with Gasteiger partial charge < -0.3 is 0 Å². The van der Waals surface area contributed by atoms with E-state index in [0.29, 0.717) is 5.56 Å². The summed E-state index contributed by atoms with van der Waals surface area (Å²) in [4.78, 5) is 11.6. The van der Waals surface area contributed by atoms with Gasteiger partial charge in [-0.05, 0) is 5.56 Å². The van der Waals surface area contributed by atoms with Crippen molar-refractivity contribution in [3.63, 3.8) is 0 Å². The van der Waals surface area contributed by atoms with Gasteiger partial charge in [0.05, 0.1) is 11.5 Å². The summed E-state index contributed by atoms with van der Waals surface area (Å²) in [5, 5.41) is 4.03. The Kier molecular flexibility index (Phi) is 6.37. The molecule has 144 valence electrons. The van der Waals surface area contributed by atoms with Crippen LogP contribution in [0.15, 0.2) is 59.7 Å². The lowest BCUT2D eigenvalue weighted by atomic mass is 9.98. The number of alkyl halides is 3. The summed E-state index contributed by atoms with van der Waals surface area (Å²) in [5.74, 6) is -1.61. The molecule has 0 saturated carbocycles. The third kappa shape index (κ3) is 5.16. The molecule has 0 spiro atoms. The molecule has 0 unspecified atom stereocenters. The van der Waals surface area contributed by atoms with Crippen LogP contribution in [0, 0.1) is 0 Å². The predicted octanol–water partition coefficient (Wildman–Crippen LogP) is 3.40. The Balaban J connectivity index is 2.56. The number of hydrogen-bond donors (Lipinski definition) is 1. The number of amides is 1. The lowest BCUT2D eigenvalue weighted by Crippen LogP contribution is -2.26. The first-order valence-corrected chi connectivity index (χ1v) is 9.60. The summed E-state index contributed by atoms with van der Waals surface area (Å²) in [6.07, 6.45) is 0.162. The van der Waals surface area contributed by atoms with E-state index in [1.165, 1.54) is 18.2 Å². The zero-order valence-corrected chi connectivity index (χ0v) is 15.1. The van der Waals surface area contributed by atoms with E-state index < -0.39 is 21.1 Å². The molecule has 5 nitrogen and oxygen atoms in total. The second kappa shape index (κ2) is 8.34. The number of rotatable bonds is 6. The van der Waals surface area contributed by atoms with Crippen LogP contribution in [-0.4, -0.2) is 25.5 Å². The number of sulfone groups is 1. The average molecular weight is 398 g/mol. The van der Waals surface area contributed by atoms with Gasteiger partial charge in [-0.3, -0.25) is 4.79 Å². The maximum Gasteiger partial charge on any atom is 0.497 e. The highest BCUT2D eigenvalue weighted by molar-refractivity contribution is 7.91. The first-order chi connectivity index (χ1) is 12.7. The van der Waals surface area contributed by atoms with E-state index in [1.54, 1.807) is 43.3 Å². The highest BCUT2D eigenvalue weighted by atomic mass is 32.2. The third-order valence-corrected chi connectivity index (χ3v) is 5.03. The Morgan fingerprint density at radius 3 is 2.22 bits per heavy atom. The van der Waals surface area contributed by atoms with Gasteiger partial charge in [-0.25, -0.2) is 13.8 Å². The van der Waals surface area contributed by atoms with Gasteiger partial charge in [-0.1, -0.05) is 61.5 Å². The molecule has 0 aliphatic carbocycles. The zero-order chi connectivity index (χ0) is 20.1. The minimum absolute atomic E-state index is 0.0665. The largest absolute Gasteiger partial charge is 0.497 e. The molecule has 2 aromatic carbocycles. The average Bonchev–Trinajstić information content (AvgIpc) is 2.62. The van der Waals surface area contributed by atoms with Crippen molar-refractivity contribution in [3.05, 3.63) is 71.3 Å². The maximum absolute atomic E-state index is 12.8. The van der Waals surface area contributed by atoms with Crippen LogP contribution >= 0.6 is 0 Å². The summed E-state index contributed by atoms with van der Waals surface area (Å²) in [7, 11) is -5.37. The van der Waals surface area contributed by atoms with Crippen molar-refractivity contribution < 1.29 is 26.4 Å². The lowest BCUT2D eigenvalue weighted by molar-refractivity contribution is -0.120. The summed E-state index contributed by atoms with van der Waals surface area (Å²) in [6.45, 7) is 1.62. The normalized spacial score (nSPS) is 12.7. The number of benzene rings is 2. The van der Waals surface area contributed by atoms with Crippen LogP contribution in [0.2, 0.25) is 0 Å². The molecule has 1 amide bonds. The van der Waals surface area contributed by atoms with E-state index in [2.05, 4.69) is 10.5 Å². The fourth-order valence-corrected chi connectivity index (χ4v) is 3.06. The molecule has 0 aliphatic heterocycles. The molecule has 0 aliphatic rings. The Bertz CT molecular complexity index is 940. The second-order valence-electron chi connectivity index (χ2n) is 5.58. The maximum atomic E-state index is 12.8. The molecule has 9 heteroatoms. The quantitative estimate of drug-likeness (QED) is 0.599. The molecule has 2 rings (SSSR count). The molecule has 1 N–H and O–H groups in total. The lowest BCUT2D eigenvalue weighted by Gasteiger charge is -2.14. The van der Waals surface area contributed by atoms with Crippen molar-refractivity contribution in [3.8, 4) is 0 Å². The monoisotopic (exact) mass is 398 g/mol. The van der Waals surface area contributed by atoms with E-state index in [0.717, 1.165) is 0 Å². The van der Waals surface area contributed by atoms with E-state index in [-0.39, 0.29) is 29.2 Å². The van der Waals surface area contributed by atoms with Crippen LogP contribution in [0.1, 0.15) is 30.0 Å². The summed E-state index contributed by atoms with van der Waals surface area (Å²) < 4.78 is 61.6.